The van der Waals surface area contributed by atoms with Gasteiger partial charge in [0.1, 0.15) is 16.4 Å². The number of aryl methyl sites for hydroxylation is 1. The van der Waals surface area contributed by atoms with Crippen LogP contribution in [0.1, 0.15) is 47.0 Å². The summed E-state index contributed by atoms with van der Waals surface area (Å²) in [5, 5.41) is 4.57. The summed E-state index contributed by atoms with van der Waals surface area (Å²) >= 11 is 7.91. The number of rotatable bonds is 5. The smallest absolute Gasteiger partial charge is 0.263 e. The van der Waals surface area contributed by atoms with Crippen LogP contribution in [0.5, 0.6) is 0 Å². The molecule has 0 bridgehead atoms. The number of carbonyl (C=O) groups is 1. The van der Waals surface area contributed by atoms with Crippen LogP contribution in [0.3, 0.4) is 0 Å². The van der Waals surface area contributed by atoms with Gasteiger partial charge in [-0.15, -0.1) is 11.3 Å². The molecular weight excluding hydrogens is 392 g/mol. The van der Waals surface area contributed by atoms with Crippen LogP contribution in [0.4, 0.5) is 0 Å². The highest BCUT2D eigenvalue weighted by Crippen LogP contribution is 2.35. The number of hydrogen-bond acceptors (Lipinski definition) is 4. The number of furan rings is 1. The Morgan fingerprint density at radius 2 is 2.04 bits per heavy atom. The summed E-state index contributed by atoms with van der Waals surface area (Å²) in [5.41, 5.74) is 0. The van der Waals surface area contributed by atoms with Gasteiger partial charge in [-0.25, -0.2) is 0 Å². The van der Waals surface area contributed by atoms with Crippen LogP contribution in [-0.4, -0.2) is 30.4 Å². The standard InChI is InChI=1S/C22H25ClN2O2S/c1-14-9-11-25(12-10-14)17(18-8-7-15(2)27-18)13-24-22(26)21-20(23)16-5-3-4-6-19(16)28-21/h3-8,14,17H,9-13H2,1-2H3,(H,24,26)/t17-/m1/s1. The van der Waals surface area contributed by atoms with Crippen LogP contribution in [-0.2, 0) is 0 Å². The van der Waals surface area contributed by atoms with E-state index in [0.29, 0.717) is 16.4 Å². The summed E-state index contributed by atoms with van der Waals surface area (Å²) in [5.74, 6) is 2.44. The number of hydrogen-bond donors (Lipinski definition) is 1. The number of fused-ring (bicyclic) bond motifs is 1. The third-order valence-corrected chi connectivity index (χ3v) is 7.22. The first kappa shape index (κ1) is 19.5. The zero-order valence-electron chi connectivity index (χ0n) is 16.2. The predicted molar refractivity (Wildman–Crippen MR) is 115 cm³/mol. The fraction of sp³-hybridized carbons (Fsp3) is 0.409. The minimum atomic E-state index is -0.121. The molecule has 0 radical (unpaired) electrons. The minimum absolute atomic E-state index is 0.0401. The number of nitrogens with zero attached hydrogens (tertiary/aromatic N) is 1. The second kappa shape index (κ2) is 8.27. The molecule has 28 heavy (non-hydrogen) atoms. The Bertz CT molecular complexity index is 972. The fourth-order valence-electron chi connectivity index (χ4n) is 3.81. The highest BCUT2D eigenvalue weighted by molar-refractivity contribution is 7.21. The number of thiophene rings is 1. The zero-order valence-corrected chi connectivity index (χ0v) is 17.8. The number of carbonyl (C=O) groups excluding carboxylic acids is 1. The van der Waals surface area contributed by atoms with E-state index in [0.717, 1.165) is 40.6 Å². The van der Waals surface area contributed by atoms with E-state index in [9.17, 15) is 4.79 Å². The molecule has 1 amide bonds. The van der Waals surface area contributed by atoms with Crippen molar-refractivity contribution < 1.29 is 9.21 Å². The molecule has 3 heterocycles. The summed E-state index contributed by atoms with van der Waals surface area (Å²) in [7, 11) is 0. The van der Waals surface area contributed by atoms with Crippen LogP contribution in [0.2, 0.25) is 5.02 Å². The summed E-state index contributed by atoms with van der Waals surface area (Å²) in [6.45, 7) is 6.80. The largest absolute Gasteiger partial charge is 0.465 e. The summed E-state index contributed by atoms with van der Waals surface area (Å²) in [6, 6.07) is 11.9. The maximum atomic E-state index is 12.9. The van der Waals surface area contributed by atoms with Crippen molar-refractivity contribution in [3.8, 4) is 0 Å². The monoisotopic (exact) mass is 416 g/mol. The average molecular weight is 417 g/mol. The van der Waals surface area contributed by atoms with Crippen LogP contribution in [0, 0.1) is 12.8 Å². The first-order chi connectivity index (χ1) is 13.5. The quantitative estimate of drug-likeness (QED) is 0.583. The van der Waals surface area contributed by atoms with Crippen molar-refractivity contribution in [3.63, 3.8) is 0 Å². The molecule has 4 rings (SSSR count). The van der Waals surface area contributed by atoms with Gasteiger partial charge in [-0.05, 0) is 57.0 Å². The molecule has 1 atom stereocenters. The Hall–Kier alpha value is -1.82. The first-order valence-electron chi connectivity index (χ1n) is 9.78. The van der Waals surface area contributed by atoms with Gasteiger partial charge in [0.15, 0.2) is 0 Å². The average Bonchev–Trinajstić information content (AvgIpc) is 3.27. The van der Waals surface area contributed by atoms with E-state index in [-0.39, 0.29) is 11.9 Å². The number of amides is 1. The maximum absolute atomic E-state index is 12.9. The van der Waals surface area contributed by atoms with E-state index < -0.39 is 0 Å². The maximum Gasteiger partial charge on any atom is 0.263 e. The summed E-state index contributed by atoms with van der Waals surface area (Å²) in [6.07, 6.45) is 2.35. The molecule has 3 aromatic rings. The van der Waals surface area contributed by atoms with Crippen LogP contribution < -0.4 is 5.32 Å². The third kappa shape index (κ3) is 3.97. The lowest BCUT2D eigenvalue weighted by Gasteiger charge is -2.35. The van der Waals surface area contributed by atoms with Crippen molar-refractivity contribution in [1.82, 2.24) is 10.2 Å². The number of likely N-dealkylation sites (tertiary alicyclic amines) is 1. The van der Waals surface area contributed by atoms with Gasteiger partial charge in [-0.2, -0.15) is 0 Å². The van der Waals surface area contributed by atoms with Crippen molar-refractivity contribution in [3.05, 3.63) is 57.8 Å². The lowest BCUT2D eigenvalue weighted by Crippen LogP contribution is -2.41. The number of nitrogens with one attached hydrogen (secondary N) is 1. The Morgan fingerprint density at radius 1 is 1.29 bits per heavy atom. The molecule has 0 saturated carbocycles. The molecule has 6 heteroatoms. The van der Waals surface area contributed by atoms with E-state index >= 15 is 0 Å². The van der Waals surface area contributed by atoms with Crippen LogP contribution in [0.15, 0.2) is 40.8 Å². The molecule has 2 aromatic heterocycles. The molecule has 1 N–H and O–H groups in total. The predicted octanol–water partition coefficient (Wildman–Crippen LogP) is 5.66. The van der Waals surface area contributed by atoms with Gasteiger partial charge in [0.2, 0.25) is 0 Å². The van der Waals surface area contributed by atoms with Gasteiger partial charge in [-0.1, -0.05) is 36.7 Å². The molecule has 148 valence electrons. The van der Waals surface area contributed by atoms with Crippen molar-refractivity contribution in [1.29, 1.82) is 0 Å². The number of piperidine rings is 1. The minimum Gasteiger partial charge on any atom is -0.465 e. The van der Waals surface area contributed by atoms with Gasteiger partial charge in [0, 0.05) is 16.6 Å². The molecule has 0 spiro atoms. The van der Waals surface area contributed by atoms with Gasteiger partial charge < -0.3 is 9.73 Å². The number of benzene rings is 1. The van der Waals surface area contributed by atoms with Crippen molar-refractivity contribution >= 4 is 38.9 Å². The van der Waals surface area contributed by atoms with Gasteiger partial charge in [-0.3, -0.25) is 9.69 Å². The Kier molecular flexibility index (Phi) is 5.76. The van der Waals surface area contributed by atoms with E-state index in [1.165, 1.54) is 24.2 Å². The normalized spacial score (nSPS) is 17.1. The molecule has 0 unspecified atom stereocenters. The van der Waals surface area contributed by atoms with Crippen molar-refractivity contribution in [2.45, 2.75) is 32.7 Å². The number of halogens is 1. The van der Waals surface area contributed by atoms with Gasteiger partial charge >= 0.3 is 0 Å². The van der Waals surface area contributed by atoms with Crippen LogP contribution in [0.25, 0.3) is 10.1 Å². The van der Waals surface area contributed by atoms with Crippen LogP contribution >= 0.6 is 22.9 Å². The second-order valence-corrected chi connectivity index (χ2v) is 9.06. The Balaban J connectivity index is 1.51. The fourth-order valence-corrected chi connectivity index (χ4v) is 5.25. The highest BCUT2D eigenvalue weighted by Gasteiger charge is 2.28. The molecule has 1 aliphatic heterocycles. The van der Waals surface area contributed by atoms with E-state index in [1.54, 1.807) is 0 Å². The first-order valence-corrected chi connectivity index (χ1v) is 11.0. The molecule has 4 nitrogen and oxygen atoms in total. The lowest BCUT2D eigenvalue weighted by molar-refractivity contribution is 0.0898. The molecular formula is C22H25ClN2O2S. The SMILES string of the molecule is Cc1ccc([C@@H](CNC(=O)c2sc3ccccc3c2Cl)N2CCC(C)CC2)o1. The summed E-state index contributed by atoms with van der Waals surface area (Å²) < 4.78 is 6.95. The Labute approximate surface area is 174 Å². The molecule has 1 aromatic carbocycles. The Morgan fingerprint density at radius 3 is 2.71 bits per heavy atom. The van der Waals surface area contributed by atoms with E-state index in [4.69, 9.17) is 16.0 Å². The van der Waals surface area contributed by atoms with Gasteiger partial charge in [0.05, 0.1) is 11.1 Å². The molecule has 1 saturated heterocycles. The zero-order chi connectivity index (χ0) is 19.7. The van der Waals surface area contributed by atoms with Crippen molar-refractivity contribution in [2.75, 3.05) is 19.6 Å². The molecule has 0 aliphatic carbocycles. The highest BCUT2D eigenvalue weighted by atomic mass is 35.5. The molecule has 1 fully saturated rings. The second-order valence-electron chi connectivity index (χ2n) is 7.63. The van der Waals surface area contributed by atoms with E-state index in [2.05, 4.69) is 17.1 Å². The molecule has 1 aliphatic rings. The van der Waals surface area contributed by atoms with Gasteiger partial charge in [0.25, 0.3) is 5.91 Å². The van der Waals surface area contributed by atoms with E-state index in [1.807, 2.05) is 43.3 Å². The third-order valence-electron chi connectivity index (χ3n) is 5.55. The summed E-state index contributed by atoms with van der Waals surface area (Å²) in [4.78, 5) is 15.9. The lowest BCUT2D eigenvalue weighted by atomic mass is 9.97. The topological polar surface area (TPSA) is 45.5 Å². The van der Waals surface area contributed by atoms with Crippen molar-refractivity contribution in [2.24, 2.45) is 5.92 Å².